The highest BCUT2D eigenvalue weighted by Crippen LogP contribution is 2.31. The second-order valence-electron chi connectivity index (χ2n) is 17.9. The Labute approximate surface area is 410 Å². The number of hydrogen-bond donors (Lipinski definition) is 4. The quantitative estimate of drug-likeness (QED) is 0.0320. The molecule has 5 aromatic rings. The lowest BCUT2D eigenvalue weighted by molar-refractivity contribution is -0.151. The second kappa shape index (κ2) is 23.2. The van der Waals surface area contributed by atoms with E-state index in [1.807, 2.05) is 30.3 Å². The highest BCUT2D eigenvalue weighted by Gasteiger charge is 2.39. The smallest absolute Gasteiger partial charge is 0.328 e. The van der Waals surface area contributed by atoms with Crippen molar-refractivity contribution in [3.8, 4) is 0 Å². The van der Waals surface area contributed by atoms with E-state index in [-0.39, 0.29) is 94.4 Å². The number of fused-ring (bicyclic) bond motifs is 5. The molecule has 3 amide bonds. The number of esters is 4. The molecule has 2 aliphatic heterocycles. The Morgan fingerprint density at radius 3 is 1.79 bits per heavy atom. The molecule has 0 spiro atoms. The van der Waals surface area contributed by atoms with Crippen molar-refractivity contribution in [1.82, 2.24) is 19.8 Å². The van der Waals surface area contributed by atoms with Crippen molar-refractivity contribution in [2.45, 2.75) is 106 Å². The van der Waals surface area contributed by atoms with Crippen LogP contribution in [-0.2, 0) is 62.6 Å². The van der Waals surface area contributed by atoms with E-state index in [1.165, 1.54) is 9.80 Å². The SMILES string of the molecule is CCOC(=O)CC[C@@H](C(=O)OCC)N1Cc2cc(N)ccc2C1=O.CCOC(=O)CC[C@@H](C(=O)OCC)N1Cc2cc(NCc3ccc4ccc5nc(NC(=O)C(C)(C)C)[nH]c(=O)c5c4c3)ccc2C1=O. The molecule has 5 N–H and O–H groups in total. The van der Waals surface area contributed by atoms with Gasteiger partial charge in [-0.15, -0.1) is 0 Å². The summed E-state index contributed by atoms with van der Waals surface area (Å²) in [4.78, 5) is 110. The summed E-state index contributed by atoms with van der Waals surface area (Å²) < 4.78 is 20.2. The summed E-state index contributed by atoms with van der Waals surface area (Å²) in [5.41, 5.74) is 9.99. The molecule has 7 rings (SSSR count). The monoisotopic (exact) mass is 975 g/mol. The maximum Gasteiger partial charge on any atom is 0.328 e. The molecular weight excluding hydrogens is 915 g/mol. The van der Waals surface area contributed by atoms with Gasteiger partial charge in [0.15, 0.2) is 0 Å². The number of aromatic nitrogens is 2. The fourth-order valence-electron chi connectivity index (χ4n) is 8.25. The molecule has 376 valence electrons. The summed E-state index contributed by atoms with van der Waals surface area (Å²) in [5, 5.41) is 8.10. The van der Waals surface area contributed by atoms with Crippen molar-refractivity contribution in [1.29, 1.82) is 0 Å². The Morgan fingerprint density at radius 1 is 0.704 bits per heavy atom. The number of nitrogens with zero attached hydrogens (tertiary/aromatic N) is 3. The third kappa shape index (κ3) is 12.7. The van der Waals surface area contributed by atoms with Gasteiger partial charge in [0.1, 0.15) is 12.1 Å². The minimum Gasteiger partial charge on any atom is -0.466 e. The molecule has 0 fully saturated rings. The fourth-order valence-corrected chi connectivity index (χ4v) is 8.25. The van der Waals surface area contributed by atoms with Crippen LogP contribution in [0.5, 0.6) is 0 Å². The van der Waals surface area contributed by atoms with E-state index in [0.29, 0.717) is 34.3 Å². The average Bonchev–Trinajstić information content (AvgIpc) is 3.82. The molecule has 3 heterocycles. The van der Waals surface area contributed by atoms with E-state index in [1.54, 1.807) is 84.9 Å². The van der Waals surface area contributed by atoms with E-state index < -0.39 is 41.4 Å². The number of ether oxygens (including phenoxy) is 4. The highest BCUT2D eigenvalue weighted by molar-refractivity contribution is 6.07. The lowest BCUT2D eigenvalue weighted by Crippen LogP contribution is -2.42. The molecule has 2 aliphatic rings. The van der Waals surface area contributed by atoms with Gasteiger partial charge in [0.2, 0.25) is 11.9 Å². The normalized spacial score (nSPS) is 13.7. The lowest BCUT2D eigenvalue weighted by atomic mass is 9.96. The predicted molar refractivity (Wildman–Crippen MR) is 265 cm³/mol. The first-order chi connectivity index (χ1) is 33.9. The first-order valence-corrected chi connectivity index (χ1v) is 23.7. The molecule has 0 saturated heterocycles. The van der Waals surface area contributed by atoms with E-state index >= 15 is 0 Å². The number of hydrogen-bond acceptors (Lipinski definition) is 15. The lowest BCUT2D eigenvalue weighted by Gasteiger charge is -2.25. The summed E-state index contributed by atoms with van der Waals surface area (Å²) in [6, 6.07) is 18.2. The number of benzene rings is 4. The number of carbonyl (C=O) groups is 7. The van der Waals surface area contributed by atoms with Gasteiger partial charge in [-0.05, 0) is 117 Å². The molecule has 4 aromatic carbocycles. The number of aromatic amines is 1. The second-order valence-corrected chi connectivity index (χ2v) is 17.9. The molecule has 0 aliphatic carbocycles. The zero-order valence-electron chi connectivity index (χ0n) is 41.1. The van der Waals surface area contributed by atoms with Crippen LogP contribution in [0.25, 0.3) is 21.7 Å². The number of rotatable bonds is 18. The number of amides is 3. The van der Waals surface area contributed by atoms with E-state index in [9.17, 15) is 38.4 Å². The van der Waals surface area contributed by atoms with Crippen LogP contribution in [0, 0.1) is 5.41 Å². The van der Waals surface area contributed by atoms with Gasteiger partial charge in [-0.25, -0.2) is 14.6 Å². The Bertz CT molecular complexity index is 2910. The third-order valence-electron chi connectivity index (χ3n) is 11.8. The van der Waals surface area contributed by atoms with Crippen molar-refractivity contribution in [2.75, 3.05) is 42.8 Å². The molecule has 0 saturated carbocycles. The number of H-pyrrole nitrogens is 1. The molecular formula is C52H61N7O12. The summed E-state index contributed by atoms with van der Waals surface area (Å²) >= 11 is 0. The third-order valence-corrected chi connectivity index (χ3v) is 11.8. The Kier molecular flexibility index (Phi) is 17.2. The number of anilines is 3. The van der Waals surface area contributed by atoms with Crippen LogP contribution in [0.1, 0.15) is 112 Å². The van der Waals surface area contributed by atoms with Crippen LogP contribution in [0.3, 0.4) is 0 Å². The van der Waals surface area contributed by atoms with Gasteiger partial charge < -0.3 is 39.8 Å². The van der Waals surface area contributed by atoms with Gasteiger partial charge in [0.25, 0.3) is 17.4 Å². The van der Waals surface area contributed by atoms with Crippen LogP contribution in [0.15, 0.2) is 71.5 Å². The van der Waals surface area contributed by atoms with E-state index in [2.05, 4.69) is 20.6 Å². The van der Waals surface area contributed by atoms with Crippen molar-refractivity contribution < 1.29 is 52.5 Å². The summed E-state index contributed by atoms with van der Waals surface area (Å²) in [6.45, 7) is 13.9. The van der Waals surface area contributed by atoms with Crippen molar-refractivity contribution in [3.63, 3.8) is 0 Å². The Morgan fingerprint density at radius 2 is 1.24 bits per heavy atom. The summed E-state index contributed by atoms with van der Waals surface area (Å²) in [6.07, 6.45) is 0.291. The van der Waals surface area contributed by atoms with Gasteiger partial charge in [-0.3, -0.25) is 39.1 Å². The molecule has 0 bridgehead atoms. The number of carbonyl (C=O) groups excluding carboxylic acids is 7. The predicted octanol–water partition coefficient (Wildman–Crippen LogP) is 6.40. The van der Waals surface area contributed by atoms with E-state index in [4.69, 9.17) is 24.7 Å². The standard InChI is InChI=1S/C35H39N5O7.C17H22N2O5/c1-6-46-28(41)15-14-27(32(44)47-7-2)40-19-22-17-23(11-12-24(22)31(40)43)36-18-20-8-9-21-10-13-26-29(25(21)16-20)30(42)38-34(37-26)39-33(45)35(3,4)5;1-3-23-15(20)8-7-14(17(22)24-4-2)19-10-11-9-12(18)5-6-13(11)16(19)21/h8-13,16-17,27,36H,6-7,14-15,18-19H2,1-5H3,(H2,37,38,39,42,45);5-6,9,14H,3-4,7-8,10,18H2,1-2H3/t27-;14-/m00/s1. The number of nitrogens with one attached hydrogen (secondary N) is 3. The van der Waals surface area contributed by atoms with Gasteiger partial charge in [0.05, 0.1) is 37.3 Å². The van der Waals surface area contributed by atoms with Crippen LogP contribution >= 0.6 is 0 Å². The zero-order chi connectivity index (χ0) is 51.6. The Balaban J connectivity index is 0.000000288. The first kappa shape index (κ1) is 52.5. The maximum atomic E-state index is 13.3. The largest absolute Gasteiger partial charge is 0.466 e. The van der Waals surface area contributed by atoms with Gasteiger partial charge >= 0.3 is 23.9 Å². The highest BCUT2D eigenvalue weighted by atomic mass is 16.5. The summed E-state index contributed by atoms with van der Waals surface area (Å²) in [7, 11) is 0. The fraction of sp³-hybridized carbons (Fsp3) is 0.404. The molecule has 19 heteroatoms. The molecule has 19 nitrogen and oxygen atoms in total. The zero-order valence-corrected chi connectivity index (χ0v) is 41.1. The van der Waals surface area contributed by atoms with Crippen LogP contribution in [-0.4, -0.2) is 99.9 Å². The van der Waals surface area contributed by atoms with Crippen molar-refractivity contribution in [3.05, 3.63) is 105 Å². The van der Waals surface area contributed by atoms with Gasteiger partial charge in [-0.2, -0.15) is 0 Å². The molecule has 0 unspecified atom stereocenters. The van der Waals surface area contributed by atoms with Gasteiger partial charge in [-0.1, -0.05) is 39.0 Å². The van der Waals surface area contributed by atoms with Gasteiger partial charge in [0, 0.05) is 60.4 Å². The van der Waals surface area contributed by atoms with Crippen molar-refractivity contribution >= 4 is 80.6 Å². The maximum absolute atomic E-state index is 13.3. The number of nitrogens with two attached hydrogens (primary N) is 1. The molecule has 0 radical (unpaired) electrons. The topological polar surface area (TPSA) is 259 Å². The van der Waals surface area contributed by atoms with Crippen LogP contribution in [0.4, 0.5) is 17.3 Å². The molecule has 71 heavy (non-hydrogen) atoms. The average molecular weight is 976 g/mol. The first-order valence-electron chi connectivity index (χ1n) is 23.7. The summed E-state index contributed by atoms with van der Waals surface area (Å²) in [5.74, 6) is -2.63. The molecule has 2 atom stereocenters. The Hall–Kier alpha value is -7.83. The molecule has 1 aromatic heterocycles. The van der Waals surface area contributed by atoms with Crippen LogP contribution < -0.4 is 21.9 Å². The minimum absolute atomic E-state index is 0.0118. The van der Waals surface area contributed by atoms with Crippen LogP contribution in [0.2, 0.25) is 0 Å². The number of nitrogen functional groups attached to an aromatic ring is 1. The minimum atomic E-state index is -0.911. The van der Waals surface area contributed by atoms with E-state index in [0.717, 1.165) is 33.2 Å². The van der Waals surface area contributed by atoms with Crippen molar-refractivity contribution in [2.24, 2.45) is 5.41 Å².